The maximum atomic E-state index is 12.0. The Hall–Kier alpha value is -4.44. The van der Waals surface area contributed by atoms with Gasteiger partial charge in [-0.25, -0.2) is 0 Å². The second-order valence-corrected chi connectivity index (χ2v) is 8.25. The average molecular weight is 475 g/mol. The van der Waals surface area contributed by atoms with Crippen molar-refractivity contribution in [2.24, 2.45) is 0 Å². The minimum atomic E-state index is -0.417. The maximum absolute atomic E-state index is 12.0. The van der Waals surface area contributed by atoms with Crippen LogP contribution in [0.25, 0.3) is 0 Å². The molecule has 0 fully saturated rings. The predicted molar refractivity (Wildman–Crippen MR) is 139 cm³/mol. The van der Waals surface area contributed by atoms with Gasteiger partial charge in [-0.1, -0.05) is 123 Å². The van der Waals surface area contributed by atoms with E-state index >= 15 is 0 Å². The van der Waals surface area contributed by atoms with E-state index in [0.717, 1.165) is 22.3 Å². The van der Waals surface area contributed by atoms with Gasteiger partial charge in [-0.15, -0.1) is 0 Å². The van der Waals surface area contributed by atoms with Crippen LogP contribution in [0.3, 0.4) is 0 Å². The first kappa shape index (κ1) is 24.7. The number of Topliss-reactive ketones (excluding diaryl/α,β-unsaturated/α-hetero) is 4. The molecule has 2 aliphatic rings. The van der Waals surface area contributed by atoms with E-state index in [-0.39, 0.29) is 23.1 Å². The number of benzene rings is 4. The minimum Gasteiger partial charge on any atom is -0.289 e. The Labute approximate surface area is 210 Å². The summed E-state index contributed by atoms with van der Waals surface area (Å²) in [5, 5.41) is 0. The van der Waals surface area contributed by atoms with Crippen molar-refractivity contribution in [1.82, 2.24) is 0 Å². The van der Waals surface area contributed by atoms with Crippen molar-refractivity contribution in [3.05, 3.63) is 143 Å². The fourth-order valence-electron chi connectivity index (χ4n) is 4.67. The number of fused-ring (bicyclic) bond motifs is 2. The molecule has 0 amide bonds. The Bertz CT molecular complexity index is 1310. The molecule has 2 unspecified atom stereocenters. The summed E-state index contributed by atoms with van der Waals surface area (Å²) in [6.07, 6.45) is 0. The van der Waals surface area contributed by atoms with Gasteiger partial charge in [0.05, 0.1) is 11.8 Å². The molecule has 36 heavy (non-hydrogen) atoms. The molecule has 0 spiro atoms. The molecule has 0 N–H and O–H groups in total. The van der Waals surface area contributed by atoms with Gasteiger partial charge >= 0.3 is 0 Å². The highest BCUT2D eigenvalue weighted by molar-refractivity contribution is 6.50. The molecule has 4 aromatic carbocycles. The lowest BCUT2D eigenvalue weighted by atomic mass is 9.92. The number of ketones is 4. The molecule has 2 aliphatic carbocycles. The van der Waals surface area contributed by atoms with Crippen LogP contribution in [0.4, 0.5) is 0 Å². The molecule has 0 saturated carbocycles. The SMILES string of the molecule is CC.O=C1C(=O)C(c2ccccc2)c2ccccc21.O=C1C(=O)C(c2ccccc2)c2ccccc21. The van der Waals surface area contributed by atoms with Crippen molar-refractivity contribution in [2.45, 2.75) is 25.7 Å². The minimum absolute atomic E-state index is 0.322. The summed E-state index contributed by atoms with van der Waals surface area (Å²) in [6, 6.07) is 33.3. The van der Waals surface area contributed by atoms with E-state index in [1.807, 2.05) is 98.8 Å². The standard InChI is InChI=1S/2C15H10O2.C2H6/c2*16-14-12-9-5-4-8-11(12)13(15(14)17)10-6-2-1-3-7-10;1-2/h2*1-9,13H;1-2H3. The third-order valence-electron chi connectivity index (χ3n) is 6.27. The number of rotatable bonds is 2. The van der Waals surface area contributed by atoms with Crippen LogP contribution < -0.4 is 0 Å². The lowest BCUT2D eigenvalue weighted by molar-refractivity contribution is -0.115. The van der Waals surface area contributed by atoms with Crippen LogP contribution in [0.15, 0.2) is 109 Å². The van der Waals surface area contributed by atoms with Crippen LogP contribution in [-0.4, -0.2) is 23.1 Å². The molecule has 0 radical (unpaired) electrons. The number of hydrogen-bond acceptors (Lipinski definition) is 4. The van der Waals surface area contributed by atoms with E-state index < -0.39 is 11.8 Å². The average Bonchev–Trinajstić information content (AvgIpc) is 3.36. The third-order valence-corrected chi connectivity index (χ3v) is 6.27. The van der Waals surface area contributed by atoms with Gasteiger partial charge in [0.15, 0.2) is 0 Å². The lowest BCUT2D eigenvalue weighted by Crippen LogP contribution is -2.13. The van der Waals surface area contributed by atoms with E-state index in [0.29, 0.717) is 11.1 Å². The molecule has 0 bridgehead atoms. The summed E-state index contributed by atoms with van der Waals surface area (Å²) in [5.74, 6) is -2.21. The smallest absolute Gasteiger partial charge is 0.229 e. The Morgan fingerprint density at radius 3 is 1.08 bits per heavy atom. The summed E-state index contributed by atoms with van der Waals surface area (Å²) in [4.78, 5) is 47.7. The normalized spacial score (nSPS) is 17.4. The van der Waals surface area contributed by atoms with Crippen molar-refractivity contribution in [1.29, 1.82) is 0 Å². The number of carbonyl (C=O) groups excluding carboxylic acids is 4. The summed E-state index contributed by atoms with van der Waals surface area (Å²) in [7, 11) is 0. The van der Waals surface area contributed by atoms with Crippen LogP contribution in [0.1, 0.15) is 68.7 Å². The first-order valence-corrected chi connectivity index (χ1v) is 12.0. The first-order valence-electron chi connectivity index (χ1n) is 12.0. The molecule has 4 nitrogen and oxygen atoms in total. The highest BCUT2D eigenvalue weighted by Crippen LogP contribution is 2.36. The highest BCUT2D eigenvalue weighted by Gasteiger charge is 2.39. The molecule has 4 heteroatoms. The van der Waals surface area contributed by atoms with Gasteiger partial charge in [-0.2, -0.15) is 0 Å². The molecule has 6 rings (SSSR count). The Morgan fingerprint density at radius 1 is 0.417 bits per heavy atom. The fraction of sp³-hybridized carbons (Fsp3) is 0.125. The van der Waals surface area contributed by atoms with Crippen molar-refractivity contribution in [3.8, 4) is 0 Å². The Morgan fingerprint density at radius 2 is 0.722 bits per heavy atom. The third kappa shape index (κ3) is 4.46. The molecule has 0 saturated heterocycles. The van der Waals surface area contributed by atoms with Crippen molar-refractivity contribution in [3.63, 3.8) is 0 Å². The van der Waals surface area contributed by atoms with Crippen LogP contribution in [-0.2, 0) is 9.59 Å². The molecular formula is C32H26O4. The summed E-state index contributed by atoms with van der Waals surface area (Å²) in [6.45, 7) is 4.00. The van der Waals surface area contributed by atoms with E-state index in [2.05, 4.69) is 0 Å². The topological polar surface area (TPSA) is 68.3 Å². The molecular weight excluding hydrogens is 448 g/mol. The van der Waals surface area contributed by atoms with Gasteiger partial charge in [-0.3, -0.25) is 19.2 Å². The van der Waals surface area contributed by atoms with Gasteiger partial charge in [0.1, 0.15) is 0 Å². The number of hydrogen-bond donors (Lipinski definition) is 0. The Kier molecular flexibility index (Phi) is 7.45. The van der Waals surface area contributed by atoms with Crippen molar-refractivity contribution >= 4 is 23.1 Å². The monoisotopic (exact) mass is 474 g/mol. The van der Waals surface area contributed by atoms with Crippen LogP contribution in [0, 0.1) is 0 Å². The highest BCUT2D eigenvalue weighted by atomic mass is 16.2. The van der Waals surface area contributed by atoms with E-state index in [9.17, 15) is 19.2 Å². The maximum Gasteiger partial charge on any atom is 0.229 e. The van der Waals surface area contributed by atoms with E-state index in [4.69, 9.17) is 0 Å². The quantitative estimate of drug-likeness (QED) is 0.325. The second-order valence-electron chi connectivity index (χ2n) is 8.25. The van der Waals surface area contributed by atoms with Crippen LogP contribution in [0.5, 0.6) is 0 Å². The van der Waals surface area contributed by atoms with Gasteiger partial charge in [0.2, 0.25) is 23.1 Å². The molecule has 4 aromatic rings. The zero-order valence-electron chi connectivity index (χ0n) is 20.2. The molecule has 0 aliphatic heterocycles. The second kappa shape index (κ2) is 10.9. The van der Waals surface area contributed by atoms with Gasteiger partial charge in [0, 0.05) is 11.1 Å². The van der Waals surface area contributed by atoms with Gasteiger partial charge in [0.25, 0.3) is 0 Å². The van der Waals surface area contributed by atoms with Crippen LogP contribution >= 0.6 is 0 Å². The first-order chi connectivity index (χ1) is 17.6. The zero-order valence-corrected chi connectivity index (χ0v) is 20.2. The molecule has 2 atom stereocenters. The zero-order chi connectivity index (χ0) is 25.7. The largest absolute Gasteiger partial charge is 0.289 e. The Balaban J connectivity index is 0.000000158. The predicted octanol–water partition coefficient (Wildman–Crippen LogP) is 6.19. The lowest BCUT2D eigenvalue weighted by Gasteiger charge is -2.08. The molecule has 0 heterocycles. The molecule has 0 aromatic heterocycles. The van der Waals surface area contributed by atoms with Gasteiger partial charge < -0.3 is 0 Å². The fourth-order valence-corrected chi connectivity index (χ4v) is 4.67. The van der Waals surface area contributed by atoms with Crippen LogP contribution in [0.2, 0.25) is 0 Å². The van der Waals surface area contributed by atoms with E-state index in [1.54, 1.807) is 24.3 Å². The van der Waals surface area contributed by atoms with Crippen molar-refractivity contribution in [2.75, 3.05) is 0 Å². The molecule has 178 valence electrons. The van der Waals surface area contributed by atoms with E-state index in [1.165, 1.54) is 0 Å². The number of carbonyl (C=O) groups is 4. The van der Waals surface area contributed by atoms with Crippen molar-refractivity contribution < 1.29 is 19.2 Å². The summed E-state index contributed by atoms with van der Waals surface area (Å²) >= 11 is 0. The summed E-state index contributed by atoms with van der Waals surface area (Å²) in [5.41, 5.74) is 4.52. The van der Waals surface area contributed by atoms with Gasteiger partial charge in [-0.05, 0) is 22.3 Å². The summed E-state index contributed by atoms with van der Waals surface area (Å²) < 4.78 is 0.